The van der Waals surface area contributed by atoms with E-state index in [1.165, 1.54) is 6.07 Å². The molecule has 1 heterocycles. The molecule has 0 spiro atoms. The van der Waals surface area contributed by atoms with Crippen LogP contribution >= 0.6 is 0 Å². The number of likely N-dealkylation sites (tertiary alicyclic amines) is 1. The average Bonchev–Trinajstić information content (AvgIpc) is 2.64. The molecular weight excluding hydrogens is 331 g/mol. The summed E-state index contributed by atoms with van der Waals surface area (Å²) in [6.07, 6.45) is 1.58. The van der Waals surface area contributed by atoms with E-state index in [0.29, 0.717) is 32.4 Å². The first-order valence-corrected chi connectivity index (χ1v) is 8.91. The van der Waals surface area contributed by atoms with Crippen LogP contribution in [0.4, 0.5) is 10.1 Å². The zero-order valence-electron chi connectivity index (χ0n) is 14.9. The van der Waals surface area contributed by atoms with E-state index in [4.69, 9.17) is 0 Å². The van der Waals surface area contributed by atoms with Crippen molar-refractivity contribution in [2.24, 2.45) is 5.92 Å². The van der Waals surface area contributed by atoms with Gasteiger partial charge in [-0.3, -0.25) is 9.59 Å². The molecule has 26 heavy (non-hydrogen) atoms. The zero-order chi connectivity index (χ0) is 18.5. The first kappa shape index (κ1) is 18.1. The minimum Gasteiger partial charge on any atom is -0.342 e. The van der Waals surface area contributed by atoms with Crippen molar-refractivity contribution in [1.29, 1.82) is 0 Å². The molecule has 1 N–H and O–H groups in total. The van der Waals surface area contributed by atoms with Gasteiger partial charge in [0.1, 0.15) is 5.82 Å². The molecule has 4 nitrogen and oxygen atoms in total. The van der Waals surface area contributed by atoms with E-state index >= 15 is 0 Å². The maximum Gasteiger partial charge on any atom is 0.227 e. The highest BCUT2D eigenvalue weighted by Crippen LogP contribution is 2.21. The topological polar surface area (TPSA) is 49.4 Å². The smallest absolute Gasteiger partial charge is 0.227 e. The lowest BCUT2D eigenvalue weighted by molar-refractivity contribution is -0.133. The largest absolute Gasteiger partial charge is 0.342 e. The molecule has 136 valence electrons. The van der Waals surface area contributed by atoms with Crippen molar-refractivity contribution in [3.63, 3.8) is 0 Å². The van der Waals surface area contributed by atoms with Crippen LogP contribution in [0.1, 0.15) is 24.0 Å². The lowest BCUT2D eigenvalue weighted by Crippen LogP contribution is -2.42. The molecular formula is C21H23FN2O2. The first-order valence-electron chi connectivity index (χ1n) is 8.91. The van der Waals surface area contributed by atoms with E-state index in [0.717, 1.165) is 11.1 Å². The van der Waals surface area contributed by atoms with Gasteiger partial charge in [-0.05, 0) is 37.5 Å². The van der Waals surface area contributed by atoms with Gasteiger partial charge < -0.3 is 10.2 Å². The molecule has 0 bridgehead atoms. The average molecular weight is 354 g/mol. The molecule has 2 aromatic rings. The van der Waals surface area contributed by atoms with Gasteiger partial charge >= 0.3 is 0 Å². The minimum absolute atomic E-state index is 0.0866. The Morgan fingerprint density at radius 3 is 2.54 bits per heavy atom. The Labute approximate surface area is 153 Å². The summed E-state index contributed by atoms with van der Waals surface area (Å²) in [5.41, 5.74) is 2.35. The first-order chi connectivity index (χ1) is 12.5. The van der Waals surface area contributed by atoms with Crippen LogP contribution in [0.5, 0.6) is 0 Å². The number of anilines is 1. The normalized spacial score (nSPS) is 14.9. The van der Waals surface area contributed by atoms with Crippen LogP contribution < -0.4 is 5.32 Å². The second kappa shape index (κ2) is 8.13. The molecule has 0 atom stereocenters. The van der Waals surface area contributed by atoms with Crippen LogP contribution in [0.25, 0.3) is 0 Å². The Kier molecular flexibility index (Phi) is 5.66. The summed E-state index contributed by atoms with van der Waals surface area (Å²) in [6.45, 7) is 3.12. The van der Waals surface area contributed by atoms with Gasteiger partial charge in [0.25, 0.3) is 0 Å². The highest BCUT2D eigenvalue weighted by Gasteiger charge is 2.27. The molecule has 3 rings (SSSR count). The van der Waals surface area contributed by atoms with Crippen LogP contribution in [0, 0.1) is 18.7 Å². The number of piperidine rings is 1. The number of carbonyl (C=O) groups excluding carboxylic acids is 2. The molecule has 0 unspecified atom stereocenters. The number of halogens is 1. The van der Waals surface area contributed by atoms with Crippen LogP contribution in [0.3, 0.4) is 0 Å². The van der Waals surface area contributed by atoms with Gasteiger partial charge in [-0.1, -0.05) is 42.0 Å². The van der Waals surface area contributed by atoms with Crippen molar-refractivity contribution in [2.75, 3.05) is 18.4 Å². The van der Waals surface area contributed by atoms with Gasteiger partial charge in [0.05, 0.1) is 12.1 Å². The number of para-hydroxylation sites is 1. The van der Waals surface area contributed by atoms with Crippen molar-refractivity contribution in [3.8, 4) is 0 Å². The lowest BCUT2D eigenvalue weighted by Gasteiger charge is -2.31. The standard InChI is InChI=1S/C21H23FN2O2/c1-15-5-4-6-16(13-15)14-20(25)24-11-9-17(10-12-24)21(26)23-19-8-3-2-7-18(19)22/h2-8,13,17H,9-12,14H2,1H3,(H,23,26). The summed E-state index contributed by atoms with van der Waals surface area (Å²) in [5, 5.41) is 2.65. The fourth-order valence-corrected chi connectivity index (χ4v) is 3.30. The summed E-state index contributed by atoms with van der Waals surface area (Å²) in [5.74, 6) is -0.728. The number of hydrogen-bond acceptors (Lipinski definition) is 2. The Balaban J connectivity index is 1.51. The predicted molar refractivity (Wildman–Crippen MR) is 99.2 cm³/mol. The van der Waals surface area contributed by atoms with Gasteiger partial charge in [0.15, 0.2) is 0 Å². The second-order valence-electron chi connectivity index (χ2n) is 6.79. The minimum atomic E-state index is -0.438. The maximum atomic E-state index is 13.7. The maximum absolute atomic E-state index is 13.7. The lowest BCUT2D eigenvalue weighted by atomic mass is 9.95. The molecule has 1 aliphatic rings. The second-order valence-corrected chi connectivity index (χ2v) is 6.79. The molecule has 5 heteroatoms. The Bertz CT molecular complexity index is 798. The van der Waals surface area contributed by atoms with Gasteiger partial charge in [-0.25, -0.2) is 4.39 Å². The van der Waals surface area contributed by atoms with E-state index in [2.05, 4.69) is 5.32 Å². The van der Waals surface area contributed by atoms with Crippen LogP contribution in [-0.2, 0) is 16.0 Å². The fourth-order valence-electron chi connectivity index (χ4n) is 3.30. The summed E-state index contributed by atoms with van der Waals surface area (Å²) >= 11 is 0. The third-order valence-corrected chi connectivity index (χ3v) is 4.79. The molecule has 0 aromatic heterocycles. The summed E-state index contributed by atoms with van der Waals surface area (Å²) < 4.78 is 13.7. The van der Waals surface area contributed by atoms with Gasteiger partial charge in [-0.2, -0.15) is 0 Å². The highest BCUT2D eigenvalue weighted by molar-refractivity contribution is 5.92. The van der Waals surface area contributed by atoms with E-state index in [-0.39, 0.29) is 23.4 Å². The summed E-state index contributed by atoms with van der Waals surface area (Å²) in [7, 11) is 0. The monoisotopic (exact) mass is 354 g/mol. The van der Waals surface area contributed by atoms with E-state index < -0.39 is 5.82 Å². The van der Waals surface area contributed by atoms with E-state index in [9.17, 15) is 14.0 Å². The third-order valence-electron chi connectivity index (χ3n) is 4.79. The van der Waals surface area contributed by atoms with Gasteiger partial charge in [-0.15, -0.1) is 0 Å². The number of aryl methyl sites for hydroxylation is 1. The van der Waals surface area contributed by atoms with Crippen molar-refractivity contribution in [3.05, 3.63) is 65.5 Å². The van der Waals surface area contributed by atoms with Crippen molar-refractivity contribution >= 4 is 17.5 Å². The molecule has 1 fully saturated rings. The molecule has 0 radical (unpaired) electrons. The van der Waals surface area contributed by atoms with Gasteiger partial charge in [0.2, 0.25) is 11.8 Å². The number of amides is 2. The molecule has 0 saturated carbocycles. The van der Waals surface area contributed by atoms with E-state index in [1.807, 2.05) is 36.1 Å². The number of benzene rings is 2. The third kappa shape index (κ3) is 4.48. The number of nitrogens with zero attached hydrogens (tertiary/aromatic N) is 1. The Morgan fingerprint density at radius 2 is 1.85 bits per heavy atom. The number of nitrogens with one attached hydrogen (secondary N) is 1. The Hall–Kier alpha value is -2.69. The van der Waals surface area contributed by atoms with Crippen molar-refractivity contribution < 1.29 is 14.0 Å². The number of rotatable bonds is 4. The van der Waals surface area contributed by atoms with E-state index in [1.54, 1.807) is 18.2 Å². The fraction of sp³-hybridized carbons (Fsp3) is 0.333. The van der Waals surface area contributed by atoms with Crippen LogP contribution in [-0.4, -0.2) is 29.8 Å². The zero-order valence-corrected chi connectivity index (χ0v) is 14.9. The summed E-state index contributed by atoms with van der Waals surface area (Å²) in [6, 6.07) is 14.1. The highest BCUT2D eigenvalue weighted by atomic mass is 19.1. The summed E-state index contributed by atoms with van der Waals surface area (Å²) in [4.78, 5) is 26.6. The quantitative estimate of drug-likeness (QED) is 0.913. The molecule has 1 saturated heterocycles. The Morgan fingerprint density at radius 1 is 1.12 bits per heavy atom. The molecule has 1 aliphatic heterocycles. The van der Waals surface area contributed by atoms with Crippen LogP contribution in [0.2, 0.25) is 0 Å². The van der Waals surface area contributed by atoms with Crippen molar-refractivity contribution in [2.45, 2.75) is 26.2 Å². The molecule has 2 amide bonds. The SMILES string of the molecule is Cc1cccc(CC(=O)N2CCC(C(=O)Nc3ccccc3F)CC2)c1. The molecule has 2 aromatic carbocycles. The van der Waals surface area contributed by atoms with Crippen molar-refractivity contribution in [1.82, 2.24) is 4.90 Å². The predicted octanol–water partition coefficient (Wildman–Crippen LogP) is 3.55. The molecule has 0 aliphatic carbocycles. The number of carbonyl (C=O) groups is 2. The number of hydrogen-bond donors (Lipinski definition) is 1. The van der Waals surface area contributed by atoms with Crippen LogP contribution in [0.15, 0.2) is 48.5 Å². The van der Waals surface area contributed by atoms with Gasteiger partial charge in [0, 0.05) is 19.0 Å².